The summed E-state index contributed by atoms with van der Waals surface area (Å²) in [5, 5.41) is 9.64. The summed E-state index contributed by atoms with van der Waals surface area (Å²) in [4.78, 5) is 0. The monoisotopic (exact) mass is 271 g/mol. The van der Waals surface area contributed by atoms with Crippen molar-refractivity contribution in [1.29, 1.82) is 0 Å². The Labute approximate surface area is 120 Å². The van der Waals surface area contributed by atoms with E-state index in [0.717, 1.165) is 17.1 Å². The quantitative estimate of drug-likeness (QED) is 0.873. The van der Waals surface area contributed by atoms with Crippen molar-refractivity contribution in [3.63, 3.8) is 0 Å². The first kappa shape index (κ1) is 14.6. The van der Waals surface area contributed by atoms with E-state index in [1.54, 1.807) is 0 Å². The normalized spacial score (nSPS) is 12.4. The lowest BCUT2D eigenvalue weighted by Gasteiger charge is -2.11. The first-order valence-corrected chi connectivity index (χ1v) is 6.86. The lowest BCUT2D eigenvalue weighted by Crippen LogP contribution is -2.11. The summed E-state index contributed by atoms with van der Waals surface area (Å²) in [7, 11) is 0. The van der Waals surface area contributed by atoms with Gasteiger partial charge in [-0.25, -0.2) is 0 Å². The number of aliphatic hydroxyl groups is 1. The minimum Gasteiger partial charge on any atom is -0.457 e. The van der Waals surface area contributed by atoms with E-state index < -0.39 is 6.10 Å². The molecule has 2 aromatic carbocycles. The van der Waals surface area contributed by atoms with Gasteiger partial charge in [0.1, 0.15) is 11.5 Å². The van der Waals surface area contributed by atoms with E-state index in [0.29, 0.717) is 5.92 Å². The van der Waals surface area contributed by atoms with Crippen molar-refractivity contribution in [1.82, 2.24) is 0 Å². The number of hydrogen-bond acceptors (Lipinski definition) is 3. The topological polar surface area (TPSA) is 55.5 Å². The van der Waals surface area contributed by atoms with E-state index in [1.807, 2.05) is 42.5 Å². The Hall–Kier alpha value is -1.84. The summed E-state index contributed by atoms with van der Waals surface area (Å²) in [5.74, 6) is 2.04. The van der Waals surface area contributed by atoms with Crippen LogP contribution < -0.4 is 10.5 Å². The van der Waals surface area contributed by atoms with Crippen LogP contribution in [0.3, 0.4) is 0 Å². The van der Waals surface area contributed by atoms with Crippen LogP contribution in [-0.4, -0.2) is 11.7 Å². The summed E-state index contributed by atoms with van der Waals surface area (Å²) in [6, 6.07) is 15.4. The van der Waals surface area contributed by atoms with E-state index in [4.69, 9.17) is 10.5 Å². The largest absolute Gasteiger partial charge is 0.457 e. The summed E-state index contributed by atoms with van der Waals surface area (Å²) in [6.07, 6.45) is -0.617. The third-order valence-corrected chi connectivity index (χ3v) is 3.25. The second-order valence-corrected chi connectivity index (χ2v) is 5.15. The molecule has 3 nitrogen and oxygen atoms in total. The van der Waals surface area contributed by atoms with Crippen LogP contribution in [0.4, 0.5) is 0 Å². The molecule has 0 saturated carbocycles. The standard InChI is InChI=1S/C17H21NO2/c1-12(2)14-4-3-5-16(10-14)20-15-8-6-13(7-9-15)17(19)11-18/h3-10,12,17,19H,11,18H2,1-2H3. The Bertz CT molecular complexity index is 549. The van der Waals surface area contributed by atoms with Crippen molar-refractivity contribution in [2.75, 3.05) is 6.54 Å². The van der Waals surface area contributed by atoms with Gasteiger partial charge in [-0.15, -0.1) is 0 Å². The molecule has 2 rings (SSSR count). The van der Waals surface area contributed by atoms with E-state index in [-0.39, 0.29) is 6.54 Å². The fourth-order valence-electron chi connectivity index (χ4n) is 1.97. The first-order chi connectivity index (χ1) is 9.60. The van der Waals surface area contributed by atoms with Crippen molar-refractivity contribution < 1.29 is 9.84 Å². The van der Waals surface area contributed by atoms with E-state index >= 15 is 0 Å². The Balaban J connectivity index is 2.12. The van der Waals surface area contributed by atoms with Gasteiger partial charge in [-0.1, -0.05) is 38.1 Å². The zero-order chi connectivity index (χ0) is 14.5. The van der Waals surface area contributed by atoms with Gasteiger partial charge in [0.25, 0.3) is 0 Å². The van der Waals surface area contributed by atoms with Crippen LogP contribution >= 0.6 is 0 Å². The molecule has 0 aliphatic rings. The number of benzene rings is 2. The lowest BCUT2D eigenvalue weighted by atomic mass is 10.0. The number of ether oxygens (including phenoxy) is 1. The van der Waals surface area contributed by atoms with Crippen LogP contribution in [0.2, 0.25) is 0 Å². The predicted molar refractivity (Wildman–Crippen MR) is 81.1 cm³/mol. The summed E-state index contributed by atoms with van der Waals surface area (Å²) in [5.41, 5.74) is 7.48. The van der Waals surface area contributed by atoms with Crippen LogP contribution in [-0.2, 0) is 0 Å². The molecule has 106 valence electrons. The van der Waals surface area contributed by atoms with E-state index in [1.165, 1.54) is 5.56 Å². The second kappa shape index (κ2) is 6.55. The van der Waals surface area contributed by atoms with Crippen LogP contribution in [0.25, 0.3) is 0 Å². The van der Waals surface area contributed by atoms with Gasteiger partial charge in [-0.3, -0.25) is 0 Å². The molecule has 0 aromatic heterocycles. The summed E-state index contributed by atoms with van der Waals surface area (Å²) < 4.78 is 5.82. The molecule has 0 saturated heterocycles. The van der Waals surface area contributed by atoms with Crippen molar-refractivity contribution in [2.24, 2.45) is 5.73 Å². The third kappa shape index (κ3) is 3.59. The molecule has 1 unspecified atom stereocenters. The molecule has 1 atom stereocenters. The fraction of sp³-hybridized carbons (Fsp3) is 0.294. The molecule has 0 amide bonds. The van der Waals surface area contributed by atoms with Gasteiger partial charge in [-0.05, 0) is 41.3 Å². The van der Waals surface area contributed by atoms with Gasteiger partial charge < -0.3 is 15.6 Å². The van der Waals surface area contributed by atoms with Crippen molar-refractivity contribution in [3.8, 4) is 11.5 Å². The fourth-order valence-corrected chi connectivity index (χ4v) is 1.97. The highest BCUT2D eigenvalue weighted by molar-refractivity contribution is 5.36. The average Bonchev–Trinajstić information content (AvgIpc) is 2.47. The molecule has 0 bridgehead atoms. The summed E-state index contributed by atoms with van der Waals surface area (Å²) >= 11 is 0. The maximum Gasteiger partial charge on any atom is 0.127 e. The van der Waals surface area contributed by atoms with Gasteiger partial charge in [0, 0.05) is 6.54 Å². The highest BCUT2D eigenvalue weighted by atomic mass is 16.5. The van der Waals surface area contributed by atoms with E-state index in [9.17, 15) is 5.11 Å². The van der Waals surface area contributed by atoms with Crippen LogP contribution in [0.5, 0.6) is 11.5 Å². The second-order valence-electron chi connectivity index (χ2n) is 5.15. The molecule has 0 aliphatic heterocycles. The van der Waals surface area contributed by atoms with Gasteiger partial charge in [0.2, 0.25) is 0 Å². The molecular weight excluding hydrogens is 250 g/mol. The van der Waals surface area contributed by atoms with Gasteiger partial charge in [0.05, 0.1) is 6.10 Å². The highest BCUT2D eigenvalue weighted by Gasteiger charge is 2.06. The zero-order valence-electron chi connectivity index (χ0n) is 11.9. The molecule has 0 spiro atoms. The Morgan fingerprint density at radius 1 is 1.00 bits per heavy atom. The smallest absolute Gasteiger partial charge is 0.127 e. The Morgan fingerprint density at radius 3 is 2.30 bits per heavy atom. The maximum atomic E-state index is 9.64. The van der Waals surface area contributed by atoms with Crippen LogP contribution in [0, 0.1) is 0 Å². The number of nitrogens with two attached hydrogens (primary N) is 1. The number of hydrogen-bond donors (Lipinski definition) is 2. The lowest BCUT2D eigenvalue weighted by molar-refractivity contribution is 0.186. The minimum atomic E-state index is -0.617. The molecule has 0 fully saturated rings. The molecule has 0 radical (unpaired) electrons. The third-order valence-electron chi connectivity index (χ3n) is 3.25. The van der Waals surface area contributed by atoms with Crippen LogP contribution in [0.1, 0.15) is 37.0 Å². The summed E-state index contributed by atoms with van der Waals surface area (Å²) in [6.45, 7) is 4.53. The molecule has 0 aliphatic carbocycles. The molecule has 20 heavy (non-hydrogen) atoms. The molecule has 0 heterocycles. The van der Waals surface area contributed by atoms with Gasteiger partial charge >= 0.3 is 0 Å². The first-order valence-electron chi connectivity index (χ1n) is 6.86. The number of aliphatic hydroxyl groups excluding tert-OH is 1. The Kier molecular flexibility index (Phi) is 4.77. The van der Waals surface area contributed by atoms with Crippen molar-refractivity contribution in [3.05, 3.63) is 59.7 Å². The van der Waals surface area contributed by atoms with Crippen molar-refractivity contribution >= 4 is 0 Å². The SMILES string of the molecule is CC(C)c1cccc(Oc2ccc(C(O)CN)cc2)c1. The average molecular weight is 271 g/mol. The highest BCUT2D eigenvalue weighted by Crippen LogP contribution is 2.26. The van der Waals surface area contributed by atoms with E-state index in [2.05, 4.69) is 19.9 Å². The molecule has 2 aromatic rings. The molecule has 3 heteroatoms. The van der Waals surface area contributed by atoms with Gasteiger partial charge in [0.15, 0.2) is 0 Å². The predicted octanol–water partition coefficient (Wildman–Crippen LogP) is 3.59. The maximum absolute atomic E-state index is 9.64. The molecular formula is C17H21NO2. The Morgan fingerprint density at radius 2 is 1.70 bits per heavy atom. The van der Waals surface area contributed by atoms with Gasteiger partial charge in [-0.2, -0.15) is 0 Å². The number of rotatable bonds is 5. The molecule has 3 N–H and O–H groups in total. The van der Waals surface area contributed by atoms with Crippen LogP contribution in [0.15, 0.2) is 48.5 Å². The minimum absolute atomic E-state index is 0.219. The zero-order valence-corrected chi connectivity index (χ0v) is 11.9. The van der Waals surface area contributed by atoms with Crippen molar-refractivity contribution in [2.45, 2.75) is 25.9 Å².